The average Bonchev–Trinajstić information content (AvgIpc) is 2.40. The molecule has 1 N–H and O–H groups in total. The van der Waals surface area contributed by atoms with E-state index in [9.17, 15) is 4.39 Å². The molecule has 120 valence electrons. The molecule has 1 rings (SSSR count). The number of benzene rings is 1. The van der Waals surface area contributed by atoms with E-state index in [-0.39, 0.29) is 17.5 Å². The lowest BCUT2D eigenvalue weighted by atomic mass is 10.1. The first-order valence-corrected chi connectivity index (χ1v) is 7.63. The van der Waals surface area contributed by atoms with Crippen molar-refractivity contribution >= 4 is 0 Å². The van der Waals surface area contributed by atoms with E-state index < -0.39 is 0 Å². The van der Waals surface area contributed by atoms with Crippen LogP contribution in [0.5, 0.6) is 5.75 Å². The first kappa shape index (κ1) is 17.9. The predicted molar refractivity (Wildman–Crippen MR) is 84.3 cm³/mol. The minimum Gasteiger partial charge on any atom is -0.491 e. The summed E-state index contributed by atoms with van der Waals surface area (Å²) >= 11 is 0. The lowest BCUT2D eigenvalue weighted by molar-refractivity contribution is -0.0163. The van der Waals surface area contributed by atoms with Crippen LogP contribution in [0.2, 0.25) is 0 Å². The first-order valence-electron chi connectivity index (χ1n) is 7.63. The minimum absolute atomic E-state index is 0.00299. The number of hydrogen-bond acceptors (Lipinski definition) is 3. The molecule has 0 spiro atoms. The number of nitrogens with one attached hydrogen (secondary N) is 1. The summed E-state index contributed by atoms with van der Waals surface area (Å²) in [5.74, 6) is 0.303. The third-order valence-corrected chi connectivity index (χ3v) is 3.03. The van der Waals surface area contributed by atoms with Gasteiger partial charge in [0.25, 0.3) is 0 Å². The van der Waals surface area contributed by atoms with Crippen LogP contribution in [0.3, 0.4) is 0 Å². The second-order valence-corrected chi connectivity index (χ2v) is 6.17. The molecule has 1 unspecified atom stereocenters. The van der Waals surface area contributed by atoms with Crippen LogP contribution >= 0.6 is 0 Å². The highest BCUT2D eigenvalue weighted by molar-refractivity contribution is 5.30. The molecular weight excluding hydrogens is 269 g/mol. The Balaban J connectivity index is 2.50. The number of ether oxygens (including phenoxy) is 2. The SMILES string of the molecule is CCCNC(C)c1ccc(OCCOC(C)(C)C)cc1F. The molecule has 0 fully saturated rings. The molecule has 3 nitrogen and oxygen atoms in total. The van der Waals surface area contributed by atoms with Gasteiger partial charge in [-0.15, -0.1) is 0 Å². The zero-order valence-corrected chi connectivity index (χ0v) is 13.8. The second-order valence-electron chi connectivity index (χ2n) is 6.17. The summed E-state index contributed by atoms with van der Waals surface area (Å²) in [6.45, 7) is 11.8. The maximum atomic E-state index is 14.1. The monoisotopic (exact) mass is 297 g/mol. The van der Waals surface area contributed by atoms with Gasteiger partial charge in [0.15, 0.2) is 0 Å². The Kier molecular flexibility index (Phi) is 7.12. The molecule has 0 saturated heterocycles. The Labute approximate surface area is 127 Å². The highest BCUT2D eigenvalue weighted by atomic mass is 19.1. The van der Waals surface area contributed by atoms with Gasteiger partial charge >= 0.3 is 0 Å². The first-order chi connectivity index (χ1) is 9.83. The van der Waals surface area contributed by atoms with Crippen LogP contribution in [0.15, 0.2) is 18.2 Å². The molecule has 0 saturated carbocycles. The van der Waals surface area contributed by atoms with Crippen LogP contribution in [0.1, 0.15) is 52.6 Å². The molecule has 0 heterocycles. The van der Waals surface area contributed by atoms with Crippen molar-refractivity contribution in [1.29, 1.82) is 0 Å². The zero-order valence-electron chi connectivity index (χ0n) is 13.8. The van der Waals surface area contributed by atoms with Crippen molar-refractivity contribution in [3.05, 3.63) is 29.6 Å². The van der Waals surface area contributed by atoms with Crippen molar-refractivity contribution < 1.29 is 13.9 Å². The van der Waals surface area contributed by atoms with Crippen molar-refractivity contribution in [1.82, 2.24) is 5.32 Å². The fourth-order valence-corrected chi connectivity index (χ4v) is 1.93. The number of hydrogen-bond donors (Lipinski definition) is 1. The summed E-state index contributed by atoms with van der Waals surface area (Å²) in [5.41, 5.74) is 0.487. The summed E-state index contributed by atoms with van der Waals surface area (Å²) in [6.07, 6.45) is 1.03. The molecule has 0 aromatic heterocycles. The Morgan fingerprint density at radius 2 is 1.95 bits per heavy atom. The van der Waals surface area contributed by atoms with Crippen LogP contribution in [0, 0.1) is 5.82 Å². The van der Waals surface area contributed by atoms with Gasteiger partial charge in [0.05, 0.1) is 12.2 Å². The van der Waals surface area contributed by atoms with Crippen LogP contribution in [-0.2, 0) is 4.74 Å². The molecule has 4 heteroatoms. The fourth-order valence-electron chi connectivity index (χ4n) is 1.93. The third kappa shape index (κ3) is 6.91. The summed E-state index contributed by atoms with van der Waals surface area (Å²) in [7, 11) is 0. The largest absolute Gasteiger partial charge is 0.491 e. The molecule has 21 heavy (non-hydrogen) atoms. The van der Waals surface area contributed by atoms with E-state index in [1.165, 1.54) is 6.07 Å². The van der Waals surface area contributed by atoms with E-state index in [0.29, 0.717) is 24.5 Å². The van der Waals surface area contributed by atoms with Crippen molar-refractivity contribution in [2.24, 2.45) is 0 Å². The molecule has 0 aliphatic rings. The van der Waals surface area contributed by atoms with E-state index in [1.807, 2.05) is 27.7 Å². The molecule has 0 amide bonds. The highest BCUT2D eigenvalue weighted by Crippen LogP contribution is 2.22. The van der Waals surface area contributed by atoms with E-state index in [1.54, 1.807) is 12.1 Å². The van der Waals surface area contributed by atoms with Crippen LogP contribution in [0.4, 0.5) is 4.39 Å². The van der Waals surface area contributed by atoms with Gasteiger partial charge in [-0.1, -0.05) is 13.0 Å². The Bertz CT molecular complexity index is 429. The summed E-state index contributed by atoms with van der Waals surface area (Å²) in [6, 6.07) is 5.03. The van der Waals surface area contributed by atoms with Crippen molar-refractivity contribution in [3.8, 4) is 5.75 Å². The van der Waals surface area contributed by atoms with Gasteiger partial charge < -0.3 is 14.8 Å². The average molecular weight is 297 g/mol. The maximum absolute atomic E-state index is 14.1. The Hall–Kier alpha value is -1.13. The zero-order chi connectivity index (χ0) is 15.9. The van der Waals surface area contributed by atoms with Gasteiger partial charge in [0, 0.05) is 17.7 Å². The summed E-state index contributed by atoms with van der Waals surface area (Å²) < 4.78 is 25.1. The van der Waals surface area contributed by atoms with Crippen LogP contribution < -0.4 is 10.1 Å². The van der Waals surface area contributed by atoms with E-state index in [0.717, 1.165) is 13.0 Å². The predicted octanol–water partition coefficient (Wildman–Crippen LogP) is 4.08. The standard InChI is InChI=1S/C17H28FNO2/c1-6-9-19-13(2)15-8-7-14(12-16(15)18)20-10-11-21-17(3,4)5/h7-8,12-13,19H,6,9-11H2,1-5H3. The normalized spacial score (nSPS) is 13.2. The molecule has 1 atom stereocenters. The van der Waals surface area contributed by atoms with Gasteiger partial charge in [0.2, 0.25) is 0 Å². The maximum Gasteiger partial charge on any atom is 0.131 e. The minimum atomic E-state index is -0.236. The van der Waals surface area contributed by atoms with E-state index in [2.05, 4.69) is 12.2 Å². The number of rotatable bonds is 8. The van der Waals surface area contributed by atoms with Gasteiger partial charge in [-0.3, -0.25) is 0 Å². The Morgan fingerprint density at radius 3 is 2.52 bits per heavy atom. The summed E-state index contributed by atoms with van der Waals surface area (Å²) in [5, 5.41) is 3.28. The van der Waals surface area contributed by atoms with Gasteiger partial charge in [-0.25, -0.2) is 4.39 Å². The molecule has 0 aliphatic carbocycles. The third-order valence-electron chi connectivity index (χ3n) is 3.03. The quantitative estimate of drug-likeness (QED) is 0.733. The molecule has 1 aromatic carbocycles. The molecule has 0 radical (unpaired) electrons. The lowest BCUT2D eigenvalue weighted by Gasteiger charge is -2.19. The number of halogens is 1. The van der Waals surface area contributed by atoms with Crippen LogP contribution in [-0.4, -0.2) is 25.4 Å². The van der Waals surface area contributed by atoms with E-state index in [4.69, 9.17) is 9.47 Å². The van der Waals surface area contributed by atoms with E-state index >= 15 is 0 Å². The second kappa shape index (κ2) is 8.35. The molecule has 1 aromatic rings. The topological polar surface area (TPSA) is 30.5 Å². The van der Waals surface area contributed by atoms with Crippen LogP contribution in [0.25, 0.3) is 0 Å². The van der Waals surface area contributed by atoms with Crippen molar-refractivity contribution in [2.45, 2.75) is 52.7 Å². The fraction of sp³-hybridized carbons (Fsp3) is 0.647. The smallest absolute Gasteiger partial charge is 0.131 e. The summed E-state index contributed by atoms with van der Waals surface area (Å²) in [4.78, 5) is 0. The van der Waals surface area contributed by atoms with Gasteiger partial charge in [-0.05, 0) is 46.7 Å². The Morgan fingerprint density at radius 1 is 1.24 bits per heavy atom. The molecule has 0 bridgehead atoms. The van der Waals surface area contributed by atoms with Gasteiger partial charge in [0.1, 0.15) is 18.2 Å². The van der Waals surface area contributed by atoms with Crippen molar-refractivity contribution in [2.75, 3.05) is 19.8 Å². The van der Waals surface area contributed by atoms with Gasteiger partial charge in [-0.2, -0.15) is 0 Å². The van der Waals surface area contributed by atoms with Crippen molar-refractivity contribution in [3.63, 3.8) is 0 Å². The lowest BCUT2D eigenvalue weighted by Crippen LogP contribution is -2.22. The molecule has 0 aliphatic heterocycles. The highest BCUT2D eigenvalue weighted by Gasteiger charge is 2.12. The molecular formula is C17H28FNO2.